The fourth-order valence-corrected chi connectivity index (χ4v) is 4.44. The summed E-state index contributed by atoms with van der Waals surface area (Å²) in [5.74, 6) is -0.125. The average molecular weight is 485 g/mol. The summed E-state index contributed by atoms with van der Waals surface area (Å²) in [5, 5.41) is 3.45. The van der Waals surface area contributed by atoms with E-state index >= 15 is 0 Å². The van der Waals surface area contributed by atoms with Crippen LogP contribution in [0.2, 0.25) is 0 Å². The molecule has 3 aromatic rings. The molecule has 3 aromatic carbocycles. The number of amidine groups is 1. The maximum Gasteiger partial charge on any atom is 0.283 e. The molecule has 0 bridgehead atoms. The van der Waals surface area contributed by atoms with Crippen LogP contribution >= 0.6 is 11.8 Å². The highest BCUT2D eigenvalue weighted by Gasteiger charge is 2.32. The lowest BCUT2D eigenvalue weighted by Crippen LogP contribution is -2.32. The lowest BCUT2D eigenvalue weighted by Gasteiger charge is -2.17. The van der Waals surface area contributed by atoms with Gasteiger partial charge in [0.2, 0.25) is 5.91 Å². The standard InChI is InChI=1S/C28H28N4O2S/c1-31(2)23-15-13-22(14-16-23)19-25-27(34)32(24-11-7-4-8-12-24)28(30-25)35-20-26(33)29-18-17-21-9-5-3-6-10-21/h3-16,19H,17-18,20H2,1-2H3,(H,29,33)/b25-19-. The van der Waals surface area contributed by atoms with Gasteiger partial charge in [-0.1, -0.05) is 72.4 Å². The Labute approximate surface area is 210 Å². The molecule has 1 aliphatic rings. The summed E-state index contributed by atoms with van der Waals surface area (Å²) in [6, 6.07) is 27.3. The summed E-state index contributed by atoms with van der Waals surface area (Å²) < 4.78 is 0. The second-order valence-corrected chi connectivity index (χ2v) is 9.20. The molecule has 0 radical (unpaired) electrons. The molecule has 0 aliphatic carbocycles. The van der Waals surface area contributed by atoms with Gasteiger partial charge in [-0.25, -0.2) is 4.99 Å². The average Bonchev–Trinajstić information content (AvgIpc) is 3.19. The van der Waals surface area contributed by atoms with Gasteiger partial charge in [0.25, 0.3) is 5.91 Å². The number of para-hydroxylation sites is 1. The van der Waals surface area contributed by atoms with Crippen LogP contribution in [0.3, 0.4) is 0 Å². The predicted octanol–water partition coefficient (Wildman–Crippen LogP) is 4.59. The molecular weight excluding hydrogens is 456 g/mol. The van der Waals surface area contributed by atoms with Crippen LogP contribution < -0.4 is 15.1 Å². The van der Waals surface area contributed by atoms with Crippen molar-refractivity contribution in [1.29, 1.82) is 0 Å². The van der Waals surface area contributed by atoms with Crippen molar-refractivity contribution in [2.24, 2.45) is 4.99 Å². The fourth-order valence-electron chi connectivity index (χ4n) is 3.60. The van der Waals surface area contributed by atoms with E-state index in [4.69, 9.17) is 0 Å². The number of hydrogen-bond donors (Lipinski definition) is 1. The molecule has 0 unspecified atom stereocenters. The smallest absolute Gasteiger partial charge is 0.283 e. The van der Waals surface area contributed by atoms with Crippen LogP contribution in [0.1, 0.15) is 11.1 Å². The molecule has 0 aromatic heterocycles. The second kappa shape index (κ2) is 11.5. The Kier molecular flexibility index (Phi) is 8.00. The molecule has 7 heteroatoms. The van der Waals surface area contributed by atoms with Gasteiger partial charge in [0.1, 0.15) is 5.70 Å². The minimum atomic E-state index is -0.208. The molecular formula is C28H28N4O2S. The third-order valence-corrected chi connectivity index (χ3v) is 6.41. The number of benzene rings is 3. The molecule has 0 saturated heterocycles. The van der Waals surface area contributed by atoms with Crippen molar-refractivity contribution in [3.05, 3.63) is 102 Å². The van der Waals surface area contributed by atoms with Crippen LogP contribution in [0.15, 0.2) is 95.6 Å². The monoisotopic (exact) mass is 484 g/mol. The van der Waals surface area contributed by atoms with Crippen LogP contribution in [0.25, 0.3) is 6.08 Å². The second-order valence-electron chi connectivity index (χ2n) is 8.26. The van der Waals surface area contributed by atoms with Crippen LogP contribution in [-0.4, -0.2) is 43.4 Å². The molecule has 0 fully saturated rings. The third-order valence-electron chi connectivity index (χ3n) is 5.47. The van der Waals surface area contributed by atoms with Crippen molar-refractivity contribution >= 4 is 46.2 Å². The molecule has 178 valence electrons. The van der Waals surface area contributed by atoms with Crippen molar-refractivity contribution in [2.75, 3.05) is 36.2 Å². The van der Waals surface area contributed by atoms with Crippen LogP contribution in [0.4, 0.5) is 11.4 Å². The first kappa shape index (κ1) is 24.3. The van der Waals surface area contributed by atoms with Gasteiger partial charge in [-0.3, -0.25) is 14.5 Å². The number of carbonyl (C=O) groups is 2. The Morgan fingerprint density at radius 2 is 1.63 bits per heavy atom. The van der Waals surface area contributed by atoms with Gasteiger partial charge in [-0.05, 0) is 47.9 Å². The van der Waals surface area contributed by atoms with E-state index in [0.29, 0.717) is 17.4 Å². The quantitative estimate of drug-likeness (QED) is 0.475. The van der Waals surface area contributed by atoms with Crippen molar-refractivity contribution in [3.63, 3.8) is 0 Å². The van der Waals surface area contributed by atoms with Gasteiger partial charge >= 0.3 is 0 Å². The van der Waals surface area contributed by atoms with E-state index in [1.54, 1.807) is 11.0 Å². The number of amides is 2. The molecule has 2 amide bonds. The summed E-state index contributed by atoms with van der Waals surface area (Å²) in [7, 11) is 3.97. The van der Waals surface area contributed by atoms with Gasteiger partial charge in [0.05, 0.1) is 11.4 Å². The van der Waals surface area contributed by atoms with Crippen LogP contribution in [0.5, 0.6) is 0 Å². The molecule has 1 aliphatic heterocycles. The lowest BCUT2D eigenvalue weighted by molar-refractivity contribution is -0.118. The van der Waals surface area contributed by atoms with E-state index in [2.05, 4.69) is 10.3 Å². The van der Waals surface area contributed by atoms with Crippen molar-refractivity contribution in [1.82, 2.24) is 5.32 Å². The van der Waals surface area contributed by atoms with Crippen molar-refractivity contribution in [2.45, 2.75) is 6.42 Å². The maximum atomic E-state index is 13.3. The Bertz CT molecular complexity index is 1220. The minimum Gasteiger partial charge on any atom is -0.378 e. The largest absolute Gasteiger partial charge is 0.378 e. The first-order valence-electron chi connectivity index (χ1n) is 11.4. The maximum absolute atomic E-state index is 13.3. The zero-order valence-electron chi connectivity index (χ0n) is 19.8. The van der Waals surface area contributed by atoms with E-state index in [1.807, 2.05) is 104 Å². The van der Waals surface area contributed by atoms with Crippen LogP contribution in [0, 0.1) is 0 Å². The number of anilines is 2. The number of hydrogen-bond acceptors (Lipinski definition) is 5. The van der Waals surface area contributed by atoms with Gasteiger partial charge in [0, 0.05) is 26.3 Å². The first-order valence-corrected chi connectivity index (χ1v) is 12.4. The zero-order chi connectivity index (χ0) is 24.6. The summed E-state index contributed by atoms with van der Waals surface area (Å²) in [5.41, 5.74) is 4.21. The highest BCUT2D eigenvalue weighted by Crippen LogP contribution is 2.29. The van der Waals surface area contributed by atoms with Gasteiger partial charge in [0.15, 0.2) is 5.17 Å². The number of aliphatic imine (C=N–C) groups is 1. The van der Waals surface area contributed by atoms with Gasteiger partial charge < -0.3 is 10.2 Å². The van der Waals surface area contributed by atoms with Crippen molar-refractivity contribution < 1.29 is 9.59 Å². The highest BCUT2D eigenvalue weighted by molar-refractivity contribution is 8.14. The molecule has 0 spiro atoms. The van der Waals surface area contributed by atoms with Crippen molar-refractivity contribution in [3.8, 4) is 0 Å². The third kappa shape index (κ3) is 6.39. The number of nitrogens with zero attached hydrogens (tertiary/aromatic N) is 3. The lowest BCUT2D eigenvalue weighted by atomic mass is 10.1. The fraction of sp³-hybridized carbons (Fsp3) is 0.179. The van der Waals surface area contributed by atoms with Crippen LogP contribution in [-0.2, 0) is 16.0 Å². The topological polar surface area (TPSA) is 65.0 Å². The molecule has 6 nitrogen and oxygen atoms in total. The SMILES string of the molecule is CN(C)c1ccc(/C=C2\N=C(SCC(=O)NCCc3ccccc3)N(c3ccccc3)C2=O)cc1. The Morgan fingerprint density at radius 1 is 0.971 bits per heavy atom. The predicted molar refractivity (Wildman–Crippen MR) is 146 cm³/mol. The van der Waals surface area contributed by atoms with Gasteiger partial charge in [-0.15, -0.1) is 0 Å². The van der Waals surface area contributed by atoms with E-state index in [1.165, 1.54) is 17.3 Å². The Balaban J connectivity index is 1.46. The van der Waals surface area contributed by atoms with E-state index in [0.717, 1.165) is 23.4 Å². The molecule has 1 N–H and O–H groups in total. The summed E-state index contributed by atoms with van der Waals surface area (Å²) in [4.78, 5) is 34.0. The molecule has 0 atom stereocenters. The first-order chi connectivity index (χ1) is 17.0. The highest BCUT2D eigenvalue weighted by atomic mass is 32.2. The molecule has 35 heavy (non-hydrogen) atoms. The van der Waals surface area contributed by atoms with E-state index in [9.17, 15) is 9.59 Å². The molecule has 4 rings (SSSR count). The molecule has 1 heterocycles. The zero-order valence-corrected chi connectivity index (χ0v) is 20.7. The Morgan fingerprint density at radius 3 is 2.29 bits per heavy atom. The number of rotatable bonds is 8. The molecule has 0 saturated carbocycles. The normalized spacial score (nSPS) is 14.2. The Hall–Kier alpha value is -3.84. The summed E-state index contributed by atoms with van der Waals surface area (Å²) >= 11 is 1.26. The van der Waals surface area contributed by atoms with Gasteiger partial charge in [-0.2, -0.15) is 0 Å². The summed E-state index contributed by atoms with van der Waals surface area (Å²) in [6.45, 7) is 0.561. The van der Waals surface area contributed by atoms with E-state index < -0.39 is 0 Å². The summed E-state index contributed by atoms with van der Waals surface area (Å²) in [6.07, 6.45) is 2.55. The number of thioether (sulfide) groups is 1. The van der Waals surface area contributed by atoms with E-state index in [-0.39, 0.29) is 17.6 Å². The number of carbonyl (C=O) groups excluding carboxylic acids is 2. The number of nitrogens with one attached hydrogen (secondary N) is 1. The minimum absolute atomic E-state index is 0.0919.